The van der Waals surface area contributed by atoms with Crippen LogP contribution in [-0.2, 0) is 38.9 Å². The molecule has 0 saturated heterocycles. The third kappa shape index (κ3) is 7.13. The van der Waals surface area contributed by atoms with Crippen molar-refractivity contribution in [1.82, 2.24) is 0 Å². The van der Waals surface area contributed by atoms with E-state index in [9.17, 15) is 13.2 Å². The highest BCUT2D eigenvalue weighted by atomic mass is 32.2. The van der Waals surface area contributed by atoms with Gasteiger partial charge in [0.2, 0.25) is 0 Å². The molecule has 1 aliphatic rings. The van der Waals surface area contributed by atoms with Crippen LogP contribution in [0.5, 0.6) is 11.5 Å². The highest BCUT2D eigenvalue weighted by molar-refractivity contribution is 7.92. The van der Waals surface area contributed by atoms with Crippen LogP contribution in [-0.4, -0.2) is 34.3 Å². The van der Waals surface area contributed by atoms with Crippen molar-refractivity contribution in [2.45, 2.75) is 57.6 Å². The second-order valence-corrected chi connectivity index (χ2v) is 12.3. The molecular formula is C31H36N2O7S. The van der Waals surface area contributed by atoms with Gasteiger partial charge in [0.1, 0.15) is 12.2 Å². The number of nitrogens with one attached hydrogen (secondary N) is 2. The second kappa shape index (κ2) is 12.1. The van der Waals surface area contributed by atoms with E-state index in [0.717, 1.165) is 11.1 Å². The quantitative estimate of drug-likeness (QED) is 0.303. The summed E-state index contributed by atoms with van der Waals surface area (Å²) in [5.74, 6) is 0.965. The zero-order valence-electron chi connectivity index (χ0n) is 24.2. The van der Waals surface area contributed by atoms with Gasteiger partial charge in [-0.1, -0.05) is 48.0 Å². The number of anilines is 2. The fourth-order valence-corrected chi connectivity index (χ4v) is 5.56. The van der Waals surface area contributed by atoms with E-state index < -0.39 is 21.7 Å². The summed E-state index contributed by atoms with van der Waals surface area (Å²) in [5, 5.41) is 2.83. The van der Waals surface area contributed by atoms with Crippen molar-refractivity contribution in [2.24, 2.45) is 0 Å². The predicted octanol–water partition coefficient (Wildman–Crippen LogP) is 6.36. The lowest BCUT2D eigenvalue weighted by Gasteiger charge is -2.28. The summed E-state index contributed by atoms with van der Waals surface area (Å²) >= 11 is 0. The van der Waals surface area contributed by atoms with E-state index in [1.54, 1.807) is 52.1 Å². The summed E-state index contributed by atoms with van der Waals surface area (Å²) in [5.41, 5.74) is 2.85. The molecule has 0 heterocycles. The molecule has 0 aliphatic heterocycles. The normalized spacial score (nSPS) is 13.0. The number of carbonyl (C=O) groups excluding carboxylic acids is 1. The maximum absolute atomic E-state index is 13.6. The lowest BCUT2D eigenvalue weighted by Crippen LogP contribution is -2.28. The molecule has 2 N–H and O–H groups in total. The first kappa shape index (κ1) is 29.8. The molecule has 1 aliphatic carbocycles. The van der Waals surface area contributed by atoms with E-state index in [4.69, 9.17) is 18.9 Å². The van der Waals surface area contributed by atoms with Crippen LogP contribution in [0.3, 0.4) is 0 Å². The number of carbonyl (C=O) groups is 1. The molecule has 0 spiro atoms. The van der Waals surface area contributed by atoms with Crippen LogP contribution >= 0.6 is 0 Å². The lowest BCUT2D eigenvalue weighted by atomic mass is 9.91. The summed E-state index contributed by atoms with van der Waals surface area (Å²) in [6, 6.07) is 16.0. The Bertz CT molecular complexity index is 1540. The number of ether oxygens (including phenoxy) is 4. The van der Waals surface area contributed by atoms with Crippen LogP contribution in [0, 0.1) is 6.92 Å². The maximum atomic E-state index is 13.6. The predicted molar refractivity (Wildman–Crippen MR) is 158 cm³/mol. The number of hydrogen-bond acceptors (Lipinski definition) is 7. The molecule has 0 fully saturated rings. The van der Waals surface area contributed by atoms with Gasteiger partial charge < -0.3 is 18.9 Å². The maximum Gasteiger partial charge on any atom is 0.412 e. The molecule has 0 unspecified atom stereocenters. The first-order valence-electron chi connectivity index (χ1n) is 13.2. The summed E-state index contributed by atoms with van der Waals surface area (Å²) in [4.78, 5) is 13.1. The Kier molecular flexibility index (Phi) is 8.82. The molecule has 0 bridgehead atoms. The topological polar surface area (TPSA) is 112 Å². The van der Waals surface area contributed by atoms with Gasteiger partial charge in [0.15, 0.2) is 11.5 Å². The molecule has 218 valence electrons. The van der Waals surface area contributed by atoms with Crippen molar-refractivity contribution >= 4 is 27.5 Å². The summed E-state index contributed by atoms with van der Waals surface area (Å²) in [6.07, 6.45) is 1.79. The molecule has 4 rings (SSSR count). The van der Waals surface area contributed by atoms with E-state index in [1.807, 2.05) is 43.3 Å². The summed E-state index contributed by atoms with van der Waals surface area (Å²) in [7, 11) is -1.02. The van der Waals surface area contributed by atoms with E-state index in [-0.39, 0.29) is 35.1 Å². The number of fused-ring (bicyclic) bond motifs is 1. The van der Waals surface area contributed by atoms with Crippen molar-refractivity contribution in [3.63, 3.8) is 0 Å². The number of aryl methyl sites for hydroxylation is 1. The van der Waals surface area contributed by atoms with Crippen molar-refractivity contribution in [3.05, 3.63) is 88.7 Å². The van der Waals surface area contributed by atoms with Crippen LogP contribution in [0.1, 0.15) is 43.0 Å². The van der Waals surface area contributed by atoms with Crippen LogP contribution < -0.4 is 19.5 Å². The Morgan fingerprint density at radius 2 is 1.59 bits per heavy atom. The third-order valence-electron chi connectivity index (χ3n) is 6.40. The molecule has 0 radical (unpaired) electrons. The van der Waals surface area contributed by atoms with Crippen molar-refractivity contribution in [1.29, 1.82) is 0 Å². The van der Waals surface area contributed by atoms with Crippen LogP contribution in [0.25, 0.3) is 0 Å². The molecular weight excluding hydrogens is 544 g/mol. The van der Waals surface area contributed by atoms with E-state index in [1.165, 1.54) is 7.11 Å². The minimum atomic E-state index is -4.02. The number of rotatable bonds is 9. The van der Waals surface area contributed by atoms with Crippen LogP contribution in [0.2, 0.25) is 0 Å². The SMILES string of the molecule is COC1=CCc2c(c(NC(=O)OC(C)(C)C)c(OC)c(OCc3ccccc3)c2NS(=O)(=O)c2ccc(C)cc2)C1. The first-order chi connectivity index (χ1) is 19.4. The average molecular weight is 581 g/mol. The highest BCUT2D eigenvalue weighted by Gasteiger charge is 2.32. The molecule has 0 saturated carbocycles. The Balaban J connectivity index is 1.91. The van der Waals surface area contributed by atoms with E-state index in [2.05, 4.69) is 10.0 Å². The van der Waals surface area contributed by atoms with Crippen LogP contribution in [0.4, 0.5) is 16.2 Å². The Morgan fingerprint density at radius 1 is 0.902 bits per heavy atom. The molecule has 3 aromatic carbocycles. The monoisotopic (exact) mass is 580 g/mol. The molecule has 3 aromatic rings. The molecule has 9 nitrogen and oxygen atoms in total. The zero-order chi connectivity index (χ0) is 29.8. The average Bonchev–Trinajstić information content (AvgIpc) is 2.92. The second-order valence-electron chi connectivity index (χ2n) is 10.6. The number of amides is 1. The fourth-order valence-electron chi connectivity index (χ4n) is 4.46. The van der Waals surface area contributed by atoms with Gasteiger partial charge in [0.05, 0.1) is 36.2 Å². The Hall–Kier alpha value is -4.18. The lowest BCUT2D eigenvalue weighted by molar-refractivity contribution is 0.0635. The van der Waals surface area contributed by atoms with Crippen molar-refractivity contribution < 1.29 is 32.2 Å². The summed E-state index contributed by atoms with van der Waals surface area (Å²) in [6.45, 7) is 7.31. The van der Waals surface area contributed by atoms with Gasteiger partial charge in [-0.25, -0.2) is 13.2 Å². The van der Waals surface area contributed by atoms with Crippen molar-refractivity contribution in [2.75, 3.05) is 24.3 Å². The molecule has 0 atom stereocenters. The first-order valence-corrected chi connectivity index (χ1v) is 14.6. The third-order valence-corrected chi connectivity index (χ3v) is 7.76. The van der Waals surface area contributed by atoms with E-state index in [0.29, 0.717) is 29.0 Å². The van der Waals surface area contributed by atoms with Crippen LogP contribution in [0.15, 0.2) is 71.3 Å². The Labute approximate surface area is 241 Å². The van der Waals surface area contributed by atoms with Gasteiger partial charge in [-0.15, -0.1) is 0 Å². The van der Waals surface area contributed by atoms with E-state index >= 15 is 0 Å². The minimum Gasteiger partial charge on any atom is -0.501 e. The fraction of sp³-hybridized carbons (Fsp3) is 0.323. The molecule has 1 amide bonds. The number of hydrogen-bond donors (Lipinski definition) is 2. The summed E-state index contributed by atoms with van der Waals surface area (Å²) < 4.78 is 53.2. The standard InChI is InChI=1S/C31H36N2O7S/c1-20-12-15-23(16-13-20)41(35,36)33-27-24-17-14-22(37-5)18-25(24)26(32-30(34)40-31(2,3)4)28(38-6)29(27)39-19-21-10-8-7-9-11-21/h7-16,33H,17-19H2,1-6H3,(H,32,34). The molecule has 41 heavy (non-hydrogen) atoms. The minimum absolute atomic E-state index is 0.102. The number of sulfonamides is 1. The van der Waals surface area contributed by atoms with Gasteiger partial charge in [-0.3, -0.25) is 10.0 Å². The molecule has 10 heteroatoms. The zero-order valence-corrected chi connectivity index (χ0v) is 25.0. The van der Waals surface area contributed by atoms with Gasteiger partial charge in [-0.05, 0) is 69.0 Å². The van der Waals surface area contributed by atoms with Gasteiger partial charge in [0.25, 0.3) is 10.0 Å². The highest BCUT2D eigenvalue weighted by Crippen LogP contribution is 2.50. The number of benzene rings is 3. The van der Waals surface area contributed by atoms with Gasteiger partial charge in [-0.2, -0.15) is 0 Å². The molecule has 0 aromatic heterocycles. The van der Waals surface area contributed by atoms with Crippen molar-refractivity contribution in [3.8, 4) is 11.5 Å². The van der Waals surface area contributed by atoms with Gasteiger partial charge in [0, 0.05) is 6.42 Å². The Morgan fingerprint density at radius 3 is 2.20 bits per heavy atom. The number of methoxy groups -OCH3 is 2. The largest absolute Gasteiger partial charge is 0.501 e. The smallest absolute Gasteiger partial charge is 0.412 e. The number of allylic oxidation sites excluding steroid dienone is 2. The van der Waals surface area contributed by atoms with Gasteiger partial charge >= 0.3 is 6.09 Å².